The molecule has 0 aliphatic rings. The summed E-state index contributed by atoms with van der Waals surface area (Å²) in [4.78, 5) is 11.2. The van der Waals surface area contributed by atoms with Crippen molar-refractivity contribution in [3.8, 4) is 5.75 Å². The molecule has 6 heteroatoms. The fourth-order valence-corrected chi connectivity index (χ4v) is 2.12. The molecule has 5 nitrogen and oxygen atoms in total. The number of carbonyl (C=O) groups excluding carboxylic acids is 1. The lowest BCUT2D eigenvalue weighted by molar-refractivity contribution is -0.130. The maximum Gasteiger partial charge on any atom is 0.260 e. The average molecular weight is 321 g/mol. The van der Waals surface area contributed by atoms with Crippen molar-refractivity contribution in [1.29, 1.82) is 0 Å². The molecule has 1 unspecified atom stereocenters. The first kappa shape index (κ1) is 16.3. The minimum Gasteiger partial charge on any atom is -0.489 e. The highest BCUT2D eigenvalue weighted by Crippen LogP contribution is 2.19. The largest absolute Gasteiger partial charge is 0.489 e. The number of hydrogen-bond donors (Lipinski definition) is 3. The van der Waals surface area contributed by atoms with Crippen LogP contribution in [0.4, 0.5) is 0 Å². The summed E-state index contributed by atoms with van der Waals surface area (Å²) in [6.07, 6.45) is 0.331. The van der Waals surface area contributed by atoms with Gasteiger partial charge in [-0.05, 0) is 30.2 Å². The summed E-state index contributed by atoms with van der Waals surface area (Å²) in [6, 6.07) is 14.0. The van der Waals surface area contributed by atoms with E-state index in [0.29, 0.717) is 23.8 Å². The molecule has 2 aromatic rings. The minimum atomic E-state index is -0.792. The maximum absolute atomic E-state index is 11.2. The Morgan fingerprint density at radius 2 is 1.91 bits per heavy atom. The zero-order valence-corrected chi connectivity index (χ0v) is 12.6. The summed E-state index contributed by atoms with van der Waals surface area (Å²) in [6.45, 7) is 0.380. The van der Waals surface area contributed by atoms with Gasteiger partial charge >= 0.3 is 0 Å². The molecule has 2 aromatic carbocycles. The monoisotopic (exact) mass is 320 g/mol. The van der Waals surface area contributed by atoms with Gasteiger partial charge in [-0.2, -0.15) is 0 Å². The van der Waals surface area contributed by atoms with Crippen LogP contribution in [0.2, 0.25) is 5.02 Å². The number of carbonyl (C=O) groups is 1. The molecule has 116 valence electrons. The molecule has 0 saturated carbocycles. The highest BCUT2D eigenvalue weighted by molar-refractivity contribution is 6.31. The normalized spacial score (nSPS) is 11.8. The van der Waals surface area contributed by atoms with Gasteiger partial charge < -0.3 is 10.5 Å². The van der Waals surface area contributed by atoms with Crippen molar-refractivity contribution < 1.29 is 14.7 Å². The molecule has 0 fully saturated rings. The Morgan fingerprint density at radius 3 is 2.55 bits per heavy atom. The second kappa shape index (κ2) is 7.79. The number of ether oxygens (including phenoxy) is 1. The van der Waals surface area contributed by atoms with Crippen LogP contribution in [0.1, 0.15) is 11.1 Å². The molecular formula is C16H17ClN2O3. The predicted octanol–water partition coefficient (Wildman–Crippen LogP) is 2.29. The molecule has 0 heterocycles. The van der Waals surface area contributed by atoms with Crippen LogP contribution < -0.4 is 16.0 Å². The molecule has 1 amide bonds. The number of nitrogens with two attached hydrogens (primary N) is 1. The Hall–Kier alpha value is -2.08. The van der Waals surface area contributed by atoms with Gasteiger partial charge in [0.2, 0.25) is 0 Å². The van der Waals surface area contributed by atoms with Gasteiger partial charge in [-0.15, -0.1) is 0 Å². The van der Waals surface area contributed by atoms with E-state index in [-0.39, 0.29) is 0 Å². The first-order chi connectivity index (χ1) is 10.6. The Bertz CT molecular complexity index is 632. The van der Waals surface area contributed by atoms with Crippen molar-refractivity contribution in [3.63, 3.8) is 0 Å². The molecule has 22 heavy (non-hydrogen) atoms. The summed E-state index contributed by atoms with van der Waals surface area (Å²) in [5, 5.41) is 9.18. The highest BCUT2D eigenvalue weighted by Gasteiger charge is 2.12. The quantitative estimate of drug-likeness (QED) is 0.563. The molecule has 0 aliphatic heterocycles. The van der Waals surface area contributed by atoms with Crippen LogP contribution in [0.5, 0.6) is 5.75 Å². The lowest BCUT2D eigenvalue weighted by atomic mass is 10.1. The zero-order valence-electron chi connectivity index (χ0n) is 11.8. The van der Waals surface area contributed by atoms with E-state index in [9.17, 15) is 4.79 Å². The van der Waals surface area contributed by atoms with Crippen LogP contribution in [-0.4, -0.2) is 17.2 Å². The number of amides is 1. The molecule has 0 aliphatic carbocycles. The molecule has 0 spiro atoms. The van der Waals surface area contributed by atoms with Crippen molar-refractivity contribution in [2.24, 2.45) is 5.73 Å². The SMILES string of the molecule is NC(Cc1ccc(OCc2ccccc2Cl)cc1)C(=O)NO. The van der Waals surface area contributed by atoms with Gasteiger partial charge in [0, 0.05) is 10.6 Å². The van der Waals surface area contributed by atoms with Crippen molar-refractivity contribution in [2.45, 2.75) is 19.1 Å². The van der Waals surface area contributed by atoms with E-state index in [1.54, 1.807) is 12.1 Å². The number of nitrogens with one attached hydrogen (secondary N) is 1. The molecule has 2 rings (SSSR count). The molecule has 0 aromatic heterocycles. The standard InChI is InChI=1S/C16H17ClN2O3/c17-14-4-2-1-3-12(14)10-22-13-7-5-11(6-8-13)9-15(18)16(20)19-21/h1-8,15,21H,9-10,18H2,(H,19,20). The van der Waals surface area contributed by atoms with Crippen molar-refractivity contribution >= 4 is 17.5 Å². The van der Waals surface area contributed by atoms with Crippen LogP contribution in [0.15, 0.2) is 48.5 Å². The number of hydroxylamine groups is 1. The number of rotatable bonds is 6. The van der Waals surface area contributed by atoms with Crippen LogP contribution in [0, 0.1) is 0 Å². The minimum absolute atomic E-state index is 0.331. The molecular weight excluding hydrogens is 304 g/mol. The van der Waals surface area contributed by atoms with E-state index < -0.39 is 11.9 Å². The Balaban J connectivity index is 1.92. The van der Waals surface area contributed by atoms with Gasteiger partial charge in [0.1, 0.15) is 12.4 Å². The first-order valence-corrected chi connectivity index (χ1v) is 7.12. The fraction of sp³-hybridized carbons (Fsp3) is 0.188. The van der Waals surface area contributed by atoms with Crippen LogP contribution in [0.3, 0.4) is 0 Å². The number of benzene rings is 2. The van der Waals surface area contributed by atoms with Gasteiger partial charge in [-0.3, -0.25) is 10.0 Å². The zero-order chi connectivity index (χ0) is 15.9. The highest BCUT2D eigenvalue weighted by atomic mass is 35.5. The van der Waals surface area contributed by atoms with Gasteiger partial charge in [0.25, 0.3) is 5.91 Å². The molecule has 1 atom stereocenters. The van der Waals surface area contributed by atoms with Crippen molar-refractivity contribution in [2.75, 3.05) is 0 Å². The summed E-state index contributed by atoms with van der Waals surface area (Å²) >= 11 is 6.06. The Morgan fingerprint density at radius 1 is 1.23 bits per heavy atom. The Labute approximate surface area is 133 Å². The van der Waals surface area contributed by atoms with E-state index in [1.807, 2.05) is 36.4 Å². The van der Waals surface area contributed by atoms with E-state index in [0.717, 1.165) is 11.1 Å². The lowest BCUT2D eigenvalue weighted by Gasteiger charge is -2.11. The second-order valence-corrected chi connectivity index (χ2v) is 5.22. The Kier molecular flexibility index (Phi) is 5.77. The van der Waals surface area contributed by atoms with Gasteiger partial charge in [-0.25, -0.2) is 5.48 Å². The first-order valence-electron chi connectivity index (χ1n) is 6.75. The summed E-state index contributed by atoms with van der Waals surface area (Å²) in [7, 11) is 0. The van der Waals surface area contributed by atoms with Crippen LogP contribution in [-0.2, 0) is 17.8 Å². The third-order valence-corrected chi connectivity index (χ3v) is 3.55. The van der Waals surface area contributed by atoms with E-state index >= 15 is 0 Å². The molecule has 0 bridgehead atoms. The maximum atomic E-state index is 11.2. The van der Waals surface area contributed by atoms with Crippen molar-refractivity contribution in [1.82, 2.24) is 5.48 Å². The predicted molar refractivity (Wildman–Crippen MR) is 83.8 cm³/mol. The third kappa shape index (κ3) is 4.46. The topological polar surface area (TPSA) is 84.6 Å². The van der Waals surface area contributed by atoms with Gasteiger partial charge in [-0.1, -0.05) is 41.9 Å². The van der Waals surface area contributed by atoms with Gasteiger partial charge in [0.15, 0.2) is 0 Å². The number of halogens is 1. The number of hydrogen-bond acceptors (Lipinski definition) is 4. The fourth-order valence-electron chi connectivity index (χ4n) is 1.93. The summed E-state index contributed by atoms with van der Waals surface area (Å²) in [5.41, 5.74) is 8.96. The lowest BCUT2D eigenvalue weighted by Crippen LogP contribution is -2.40. The summed E-state index contributed by atoms with van der Waals surface area (Å²) in [5.74, 6) is 0.0860. The third-order valence-electron chi connectivity index (χ3n) is 3.18. The molecule has 0 radical (unpaired) electrons. The van der Waals surface area contributed by atoms with Crippen LogP contribution >= 0.6 is 11.6 Å². The van der Waals surface area contributed by atoms with E-state index in [4.69, 9.17) is 27.3 Å². The second-order valence-electron chi connectivity index (χ2n) is 4.81. The smallest absolute Gasteiger partial charge is 0.260 e. The van der Waals surface area contributed by atoms with Gasteiger partial charge in [0.05, 0.1) is 6.04 Å². The molecule has 0 saturated heterocycles. The van der Waals surface area contributed by atoms with E-state index in [2.05, 4.69) is 0 Å². The van der Waals surface area contributed by atoms with Crippen LogP contribution in [0.25, 0.3) is 0 Å². The van der Waals surface area contributed by atoms with Crippen molar-refractivity contribution in [3.05, 3.63) is 64.7 Å². The summed E-state index contributed by atoms with van der Waals surface area (Å²) < 4.78 is 5.67. The molecule has 4 N–H and O–H groups in total. The average Bonchev–Trinajstić information content (AvgIpc) is 2.54. The van der Waals surface area contributed by atoms with E-state index in [1.165, 1.54) is 5.48 Å².